The van der Waals surface area contributed by atoms with Crippen molar-refractivity contribution in [3.63, 3.8) is 0 Å². The number of benzene rings is 1. The van der Waals surface area contributed by atoms with Crippen LogP contribution in [0, 0.1) is 11.7 Å². The van der Waals surface area contributed by atoms with E-state index in [1.165, 1.54) is 6.07 Å². The van der Waals surface area contributed by atoms with Gasteiger partial charge < -0.3 is 25.7 Å². The van der Waals surface area contributed by atoms with Gasteiger partial charge >= 0.3 is 0 Å². The number of rotatable bonds is 12. The molecule has 0 unspecified atom stereocenters. The fraction of sp³-hybridized carbons (Fsp3) is 0.613. The Labute approximate surface area is 252 Å². The first-order valence-electron chi connectivity index (χ1n) is 15.7. The van der Waals surface area contributed by atoms with Gasteiger partial charge in [-0.05, 0) is 70.0 Å². The molecule has 2 saturated carbocycles. The molecule has 2 fully saturated rings. The minimum Gasteiger partial charge on any atom is -0.395 e. The highest BCUT2D eigenvalue weighted by Crippen LogP contribution is 2.38. The molecule has 0 spiro atoms. The van der Waals surface area contributed by atoms with Crippen LogP contribution in [0.1, 0.15) is 64.3 Å². The zero-order valence-electron chi connectivity index (χ0n) is 25.3. The summed E-state index contributed by atoms with van der Waals surface area (Å²) in [5.74, 6) is 0.751. The first-order chi connectivity index (χ1) is 20.9. The predicted octanol–water partition coefficient (Wildman–Crippen LogP) is 3.93. The van der Waals surface area contributed by atoms with Crippen LogP contribution >= 0.6 is 0 Å². The van der Waals surface area contributed by atoms with Crippen LogP contribution in [0.4, 0.5) is 22.0 Å². The van der Waals surface area contributed by atoms with Gasteiger partial charge in [-0.2, -0.15) is 4.98 Å². The van der Waals surface area contributed by atoms with Gasteiger partial charge in [0, 0.05) is 44.7 Å². The van der Waals surface area contributed by atoms with Gasteiger partial charge in [0.2, 0.25) is 17.8 Å². The Balaban J connectivity index is 1.33. The molecule has 43 heavy (non-hydrogen) atoms. The van der Waals surface area contributed by atoms with Crippen molar-refractivity contribution in [2.45, 2.75) is 76.5 Å². The molecule has 3 aromatic rings. The van der Waals surface area contributed by atoms with E-state index >= 15 is 0 Å². The summed E-state index contributed by atoms with van der Waals surface area (Å²) >= 11 is 0. The standard InChI is InChI=1S/C31H45FN8O3/c1-3-39(18-19-41)17-16-38(2)29(43)21-8-12-23(13-9-21)40-28-27(36-31(40)35-26-7-5-4-6-25(26)32)20-33-30(37-28)34-22-10-14-24(42)15-11-22/h4-7,20-24,41-42H,3,8-19H2,1-2H3,(H,35,36)(H,33,34,37). The quantitative estimate of drug-likeness (QED) is 0.246. The molecule has 1 amide bonds. The molecular formula is C31H45FN8O3. The number of likely N-dealkylation sites (N-methyl/N-ethyl adjacent to an activating group) is 2. The average Bonchev–Trinajstić information content (AvgIpc) is 3.38. The number of carbonyl (C=O) groups is 1. The lowest BCUT2D eigenvalue weighted by Gasteiger charge is -2.32. The summed E-state index contributed by atoms with van der Waals surface area (Å²) in [5, 5.41) is 25.8. The molecule has 12 heteroatoms. The van der Waals surface area contributed by atoms with E-state index in [1.54, 1.807) is 24.4 Å². The second-order valence-corrected chi connectivity index (χ2v) is 11.9. The van der Waals surface area contributed by atoms with Crippen LogP contribution in [-0.2, 0) is 4.79 Å². The van der Waals surface area contributed by atoms with Crippen molar-refractivity contribution in [2.24, 2.45) is 5.92 Å². The van der Waals surface area contributed by atoms with Crippen LogP contribution < -0.4 is 10.6 Å². The van der Waals surface area contributed by atoms with Crippen LogP contribution in [0.3, 0.4) is 0 Å². The van der Waals surface area contributed by atoms with Gasteiger partial charge in [-0.3, -0.25) is 14.3 Å². The molecule has 0 atom stereocenters. The van der Waals surface area contributed by atoms with E-state index in [1.807, 2.05) is 11.9 Å². The minimum atomic E-state index is -0.369. The summed E-state index contributed by atoms with van der Waals surface area (Å²) < 4.78 is 16.7. The van der Waals surface area contributed by atoms with E-state index in [0.29, 0.717) is 41.8 Å². The summed E-state index contributed by atoms with van der Waals surface area (Å²) in [6.45, 7) is 4.97. The van der Waals surface area contributed by atoms with Gasteiger partial charge in [-0.15, -0.1) is 0 Å². The van der Waals surface area contributed by atoms with Crippen LogP contribution in [0.15, 0.2) is 30.5 Å². The number of halogens is 1. The lowest BCUT2D eigenvalue weighted by atomic mass is 9.85. The number of anilines is 3. The highest BCUT2D eigenvalue weighted by atomic mass is 19.1. The third kappa shape index (κ3) is 7.60. The normalized spacial score (nSPS) is 22.6. The largest absolute Gasteiger partial charge is 0.395 e. The molecular weight excluding hydrogens is 551 g/mol. The maximum atomic E-state index is 14.6. The Morgan fingerprint density at radius 1 is 1.05 bits per heavy atom. The van der Waals surface area contributed by atoms with E-state index in [-0.39, 0.29) is 42.4 Å². The van der Waals surface area contributed by atoms with Gasteiger partial charge in [0.25, 0.3) is 0 Å². The summed E-state index contributed by atoms with van der Waals surface area (Å²) in [7, 11) is 1.86. The molecule has 4 N–H and O–H groups in total. The number of hydrogen-bond acceptors (Lipinski definition) is 9. The Kier molecular flexibility index (Phi) is 10.4. The van der Waals surface area contributed by atoms with E-state index in [2.05, 4.69) is 32.0 Å². The fourth-order valence-corrected chi connectivity index (χ4v) is 6.34. The van der Waals surface area contributed by atoms with E-state index in [4.69, 9.17) is 9.97 Å². The molecule has 234 valence electrons. The number of nitrogens with zero attached hydrogens (tertiary/aromatic N) is 6. The molecule has 2 heterocycles. The van der Waals surface area contributed by atoms with Crippen molar-refractivity contribution < 1.29 is 19.4 Å². The first-order valence-corrected chi connectivity index (χ1v) is 15.7. The van der Waals surface area contributed by atoms with Gasteiger partial charge in [0.05, 0.1) is 24.6 Å². The summed E-state index contributed by atoms with van der Waals surface area (Å²) in [5.41, 5.74) is 1.62. The van der Waals surface area contributed by atoms with Crippen LogP contribution in [0.2, 0.25) is 0 Å². The maximum absolute atomic E-state index is 14.6. The highest BCUT2D eigenvalue weighted by Gasteiger charge is 2.32. The molecule has 2 aliphatic carbocycles. The lowest BCUT2D eigenvalue weighted by molar-refractivity contribution is -0.135. The van der Waals surface area contributed by atoms with Crippen molar-refractivity contribution >= 4 is 34.7 Å². The number of hydrogen-bond donors (Lipinski definition) is 4. The van der Waals surface area contributed by atoms with Gasteiger partial charge in [0.15, 0.2) is 5.65 Å². The van der Waals surface area contributed by atoms with Gasteiger partial charge in [0.1, 0.15) is 11.3 Å². The third-order valence-electron chi connectivity index (χ3n) is 8.99. The van der Waals surface area contributed by atoms with Crippen molar-refractivity contribution in [3.05, 3.63) is 36.3 Å². The van der Waals surface area contributed by atoms with E-state index in [0.717, 1.165) is 64.5 Å². The Hall–Kier alpha value is -3.35. The number of nitrogens with one attached hydrogen (secondary N) is 2. The molecule has 0 bridgehead atoms. The average molecular weight is 597 g/mol. The predicted molar refractivity (Wildman–Crippen MR) is 165 cm³/mol. The molecule has 2 aliphatic rings. The minimum absolute atomic E-state index is 0.0290. The summed E-state index contributed by atoms with van der Waals surface area (Å²) in [6.07, 6.45) is 7.68. The third-order valence-corrected chi connectivity index (χ3v) is 8.99. The maximum Gasteiger partial charge on any atom is 0.225 e. The summed E-state index contributed by atoms with van der Waals surface area (Å²) in [6, 6.07) is 6.74. The van der Waals surface area contributed by atoms with Crippen molar-refractivity contribution in [2.75, 3.05) is 50.5 Å². The fourth-order valence-electron chi connectivity index (χ4n) is 6.34. The molecule has 0 radical (unpaired) electrons. The number of imidazole rings is 1. The molecule has 1 aromatic carbocycles. The van der Waals surface area contributed by atoms with Crippen LogP contribution in [-0.4, -0.2) is 97.4 Å². The Morgan fingerprint density at radius 3 is 2.49 bits per heavy atom. The summed E-state index contributed by atoms with van der Waals surface area (Å²) in [4.78, 5) is 31.4. The number of fused-ring (bicyclic) bond motifs is 1. The second kappa shape index (κ2) is 14.4. The molecule has 0 saturated heterocycles. The molecule has 0 aliphatic heterocycles. The molecule has 5 rings (SSSR count). The Morgan fingerprint density at radius 2 is 1.79 bits per heavy atom. The number of aromatic nitrogens is 4. The number of para-hydroxylation sites is 1. The van der Waals surface area contributed by atoms with E-state index < -0.39 is 0 Å². The lowest BCUT2D eigenvalue weighted by Crippen LogP contribution is -2.40. The Bertz CT molecular complexity index is 1350. The smallest absolute Gasteiger partial charge is 0.225 e. The zero-order chi connectivity index (χ0) is 30.3. The SMILES string of the molecule is CCN(CCO)CCN(C)C(=O)C1CCC(n2c(Nc3ccccc3F)nc3cnc(NC4CCC(O)CC4)nc32)CC1. The molecule has 11 nitrogen and oxygen atoms in total. The van der Waals surface area contributed by atoms with Crippen molar-refractivity contribution in [1.29, 1.82) is 0 Å². The van der Waals surface area contributed by atoms with Gasteiger partial charge in [-0.1, -0.05) is 19.1 Å². The van der Waals surface area contributed by atoms with Crippen LogP contribution in [0.5, 0.6) is 0 Å². The van der Waals surface area contributed by atoms with E-state index in [9.17, 15) is 19.4 Å². The molecule has 2 aromatic heterocycles. The topological polar surface area (TPSA) is 132 Å². The zero-order valence-corrected chi connectivity index (χ0v) is 25.3. The van der Waals surface area contributed by atoms with Gasteiger partial charge in [-0.25, -0.2) is 14.4 Å². The first kappa shape index (κ1) is 31.1. The number of carbonyl (C=O) groups excluding carboxylic acids is 1. The monoisotopic (exact) mass is 596 g/mol. The second-order valence-electron chi connectivity index (χ2n) is 11.9. The highest BCUT2D eigenvalue weighted by molar-refractivity contribution is 5.79. The van der Waals surface area contributed by atoms with Crippen LogP contribution in [0.25, 0.3) is 11.2 Å². The number of amides is 1. The number of aliphatic hydroxyl groups excluding tert-OH is 2. The van der Waals surface area contributed by atoms with Crippen molar-refractivity contribution in [3.8, 4) is 0 Å². The number of aliphatic hydroxyl groups is 2. The van der Waals surface area contributed by atoms with Crippen molar-refractivity contribution in [1.82, 2.24) is 29.3 Å².